The molecule has 82 valence electrons. The molecule has 0 fully saturated rings. The van der Waals surface area contributed by atoms with Crippen LogP contribution in [0.2, 0.25) is 0 Å². The van der Waals surface area contributed by atoms with Gasteiger partial charge in [-0.1, -0.05) is 0 Å². The molecule has 1 rings (SSSR count). The van der Waals surface area contributed by atoms with Crippen LogP contribution in [0.4, 0.5) is 11.4 Å². The maximum Gasteiger partial charge on any atom is 0.293 e. The molecule has 0 amide bonds. The van der Waals surface area contributed by atoms with Crippen LogP contribution in [-0.2, 0) is 0 Å². The second-order valence-electron chi connectivity index (χ2n) is 2.88. The largest absolute Gasteiger partial charge is 0.393 e. The number of nitro benzene ring substituents is 1. The van der Waals surface area contributed by atoms with Gasteiger partial charge in [-0.2, -0.15) is 5.26 Å². The molecular weight excluding hydrogens is 234 g/mol. The standard InChI is InChI=1S/C9H6ClN3O3/c10-3-9(14)6-2-7(12)8(13(15)16)1-5(6)4-11/h1-2H,3,12H2. The van der Waals surface area contributed by atoms with Crippen molar-refractivity contribution < 1.29 is 9.72 Å². The molecule has 0 aliphatic carbocycles. The van der Waals surface area contributed by atoms with Crippen molar-refractivity contribution in [2.75, 3.05) is 11.6 Å². The first kappa shape index (κ1) is 11.9. The van der Waals surface area contributed by atoms with Crippen LogP contribution in [-0.4, -0.2) is 16.6 Å². The number of nitriles is 1. The molecule has 0 aliphatic rings. The van der Waals surface area contributed by atoms with Gasteiger partial charge in [-0.15, -0.1) is 11.6 Å². The molecule has 0 unspecified atom stereocenters. The number of nitrogen functional groups attached to an aromatic ring is 1. The van der Waals surface area contributed by atoms with E-state index in [-0.39, 0.29) is 22.7 Å². The molecular formula is C9H6ClN3O3. The zero-order valence-electron chi connectivity index (χ0n) is 7.94. The van der Waals surface area contributed by atoms with Gasteiger partial charge in [-0.05, 0) is 6.07 Å². The molecule has 0 aliphatic heterocycles. The highest BCUT2D eigenvalue weighted by molar-refractivity contribution is 6.30. The summed E-state index contributed by atoms with van der Waals surface area (Å²) in [6.07, 6.45) is 0. The summed E-state index contributed by atoms with van der Waals surface area (Å²) in [4.78, 5) is 21.1. The number of alkyl halides is 1. The highest BCUT2D eigenvalue weighted by Crippen LogP contribution is 2.25. The normalized spacial score (nSPS) is 9.50. The summed E-state index contributed by atoms with van der Waals surface area (Å²) in [7, 11) is 0. The monoisotopic (exact) mass is 239 g/mol. The van der Waals surface area contributed by atoms with Crippen LogP contribution in [0, 0.1) is 21.4 Å². The number of rotatable bonds is 3. The summed E-state index contributed by atoms with van der Waals surface area (Å²) in [5, 5.41) is 19.3. The summed E-state index contributed by atoms with van der Waals surface area (Å²) in [5.74, 6) is -0.814. The first-order chi connectivity index (χ1) is 7.51. The van der Waals surface area contributed by atoms with Crippen molar-refractivity contribution in [2.45, 2.75) is 0 Å². The van der Waals surface area contributed by atoms with Gasteiger partial charge in [-0.25, -0.2) is 0 Å². The quantitative estimate of drug-likeness (QED) is 0.282. The Bertz CT molecular complexity index is 507. The van der Waals surface area contributed by atoms with E-state index in [4.69, 9.17) is 22.6 Å². The molecule has 0 heterocycles. The Kier molecular flexibility index (Phi) is 3.43. The van der Waals surface area contributed by atoms with E-state index in [1.807, 2.05) is 0 Å². The molecule has 2 N–H and O–H groups in total. The number of ketones is 1. The Morgan fingerprint density at radius 2 is 2.25 bits per heavy atom. The minimum Gasteiger partial charge on any atom is -0.393 e. The fourth-order valence-corrected chi connectivity index (χ4v) is 1.30. The summed E-state index contributed by atoms with van der Waals surface area (Å²) in [6, 6.07) is 3.76. The second-order valence-corrected chi connectivity index (χ2v) is 3.15. The Morgan fingerprint density at radius 1 is 1.62 bits per heavy atom. The fraction of sp³-hybridized carbons (Fsp3) is 0.111. The summed E-state index contributed by atoms with van der Waals surface area (Å²) < 4.78 is 0. The van der Waals surface area contributed by atoms with Gasteiger partial charge in [0.2, 0.25) is 0 Å². The minimum absolute atomic E-state index is 0.000556. The summed E-state index contributed by atoms with van der Waals surface area (Å²) in [6.45, 7) is 0. The molecule has 0 aromatic heterocycles. The number of anilines is 1. The van der Waals surface area contributed by atoms with Gasteiger partial charge in [0, 0.05) is 11.6 Å². The molecule has 0 bridgehead atoms. The van der Waals surface area contributed by atoms with Crippen molar-refractivity contribution in [2.24, 2.45) is 0 Å². The van der Waals surface area contributed by atoms with Gasteiger partial charge in [0.25, 0.3) is 5.69 Å². The Labute approximate surface area is 95.4 Å². The number of nitrogens with zero attached hydrogens (tertiary/aromatic N) is 2. The number of halogens is 1. The maximum absolute atomic E-state index is 11.3. The van der Waals surface area contributed by atoms with Gasteiger partial charge >= 0.3 is 0 Å². The second kappa shape index (κ2) is 4.59. The molecule has 1 aromatic carbocycles. The summed E-state index contributed by atoms with van der Waals surface area (Å²) >= 11 is 5.34. The smallest absolute Gasteiger partial charge is 0.293 e. The number of nitrogens with two attached hydrogens (primary N) is 1. The van der Waals surface area contributed by atoms with Crippen molar-refractivity contribution in [1.29, 1.82) is 5.26 Å². The van der Waals surface area contributed by atoms with E-state index in [9.17, 15) is 14.9 Å². The molecule has 7 heteroatoms. The molecule has 1 aromatic rings. The van der Waals surface area contributed by atoms with Crippen LogP contribution >= 0.6 is 11.6 Å². The number of benzene rings is 1. The van der Waals surface area contributed by atoms with Crippen LogP contribution in [0.15, 0.2) is 12.1 Å². The third kappa shape index (κ3) is 2.10. The molecule has 0 saturated heterocycles. The Morgan fingerprint density at radius 3 is 2.69 bits per heavy atom. The van der Waals surface area contributed by atoms with Crippen molar-refractivity contribution in [3.8, 4) is 6.07 Å². The SMILES string of the molecule is N#Cc1cc([N+](=O)[O-])c(N)cc1C(=O)CCl. The number of carbonyl (C=O) groups is 1. The van der Waals surface area contributed by atoms with E-state index in [0.29, 0.717) is 0 Å². The third-order valence-electron chi connectivity index (χ3n) is 1.91. The number of nitro groups is 1. The van der Waals surface area contributed by atoms with Gasteiger partial charge in [0.05, 0.1) is 16.4 Å². The Balaban J connectivity index is 3.45. The van der Waals surface area contributed by atoms with E-state index < -0.39 is 16.4 Å². The van der Waals surface area contributed by atoms with Crippen molar-refractivity contribution in [3.05, 3.63) is 33.4 Å². The Hall–Kier alpha value is -2.13. The average molecular weight is 240 g/mol. The lowest BCUT2D eigenvalue weighted by atomic mass is 10.0. The highest BCUT2D eigenvalue weighted by atomic mass is 35.5. The fourth-order valence-electron chi connectivity index (χ4n) is 1.16. The van der Waals surface area contributed by atoms with Crippen LogP contribution in [0.25, 0.3) is 0 Å². The van der Waals surface area contributed by atoms with Crippen molar-refractivity contribution >= 4 is 28.8 Å². The van der Waals surface area contributed by atoms with E-state index >= 15 is 0 Å². The van der Waals surface area contributed by atoms with Crippen LogP contribution in [0.1, 0.15) is 15.9 Å². The van der Waals surface area contributed by atoms with Crippen molar-refractivity contribution in [1.82, 2.24) is 0 Å². The highest BCUT2D eigenvalue weighted by Gasteiger charge is 2.19. The van der Waals surface area contributed by atoms with Gasteiger partial charge in [0.15, 0.2) is 5.78 Å². The van der Waals surface area contributed by atoms with E-state index in [1.54, 1.807) is 6.07 Å². The maximum atomic E-state index is 11.3. The van der Waals surface area contributed by atoms with Crippen LogP contribution in [0.5, 0.6) is 0 Å². The van der Waals surface area contributed by atoms with Crippen molar-refractivity contribution in [3.63, 3.8) is 0 Å². The molecule has 0 atom stereocenters. The topological polar surface area (TPSA) is 110 Å². The molecule has 0 spiro atoms. The van der Waals surface area contributed by atoms with Crippen LogP contribution < -0.4 is 5.73 Å². The first-order valence-corrected chi connectivity index (χ1v) is 4.62. The predicted molar refractivity (Wildman–Crippen MR) is 57.3 cm³/mol. The zero-order valence-corrected chi connectivity index (χ0v) is 8.69. The molecule has 0 radical (unpaired) electrons. The van der Waals surface area contributed by atoms with Gasteiger partial charge in [0.1, 0.15) is 11.8 Å². The van der Waals surface area contributed by atoms with Gasteiger partial charge < -0.3 is 5.73 Å². The lowest BCUT2D eigenvalue weighted by Gasteiger charge is -2.03. The van der Waals surface area contributed by atoms with E-state index in [0.717, 1.165) is 12.1 Å². The summed E-state index contributed by atoms with van der Waals surface area (Å²) in [5.41, 5.74) is 4.72. The first-order valence-electron chi connectivity index (χ1n) is 4.08. The lowest BCUT2D eigenvalue weighted by molar-refractivity contribution is -0.383. The van der Waals surface area contributed by atoms with E-state index in [1.165, 1.54) is 0 Å². The van der Waals surface area contributed by atoms with Crippen LogP contribution in [0.3, 0.4) is 0 Å². The molecule has 16 heavy (non-hydrogen) atoms. The minimum atomic E-state index is -0.717. The number of hydrogen-bond acceptors (Lipinski definition) is 5. The number of Topliss-reactive ketones (excluding diaryl/α,β-unsaturated/α-hetero) is 1. The number of carbonyl (C=O) groups excluding carboxylic acids is 1. The molecule has 6 nitrogen and oxygen atoms in total. The third-order valence-corrected chi connectivity index (χ3v) is 2.15. The average Bonchev–Trinajstić information content (AvgIpc) is 2.27. The lowest BCUT2D eigenvalue weighted by Crippen LogP contribution is -2.06. The zero-order chi connectivity index (χ0) is 12.3. The molecule has 0 saturated carbocycles. The number of hydrogen-bond donors (Lipinski definition) is 1. The van der Waals surface area contributed by atoms with E-state index in [2.05, 4.69) is 0 Å². The van der Waals surface area contributed by atoms with Gasteiger partial charge in [-0.3, -0.25) is 14.9 Å². The predicted octanol–water partition coefficient (Wildman–Crippen LogP) is 1.47.